The Balaban J connectivity index is 2.22. The Morgan fingerprint density at radius 1 is 1.30 bits per heavy atom. The molecule has 0 aliphatic heterocycles. The van der Waals surface area contributed by atoms with Gasteiger partial charge in [0.1, 0.15) is 11.0 Å². The van der Waals surface area contributed by atoms with Crippen LogP contribution >= 0.6 is 11.6 Å². The van der Waals surface area contributed by atoms with E-state index in [-0.39, 0.29) is 17.8 Å². The topological polar surface area (TPSA) is 33.2 Å². The summed E-state index contributed by atoms with van der Waals surface area (Å²) < 4.78 is 13.8. The van der Waals surface area contributed by atoms with E-state index in [9.17, 15) is 9.18 Å². The van der Waals surface area contributed by atoms with Crippen LogP contribution in [0.2, 0.25) is 5.15 Å². The molecule has 0 saturated heterocycles. The van der Waals surface area contributed by atoms with Crippen molar-refractivity contribution in [2.75, 3.05) is 7.05 Å². The second-order valence-corrected chi connectivity index (χ2v) is 4.87. The fraction of sp³-hybridized carbons (Fsp3) is 0.200. The highest BCUT2D eigenvalue weighted by Gasteiger charge is 2.21. The number of nitrogens with zero attached hydrogens (tertiary/aromatic N) is 2. The van der Waals surface area contributed by atoms with Crippen molar-refractivity contribution in [2.45, 2.75) is 13.0 Å². The normalized spacial score (nSPS) is 12.0. The van der Waals surface area contributed by atoms with Crippen molar-refractivity contribution in [3.8, 4) is 0 Å². The summed E-state index contributed by atoms with van der Waals surface area (Å²) >= 11 is 5.69. The number of carbonyl (C=O) groups is 1. The quantitative estimate of drug-likeness (QED) is 0.808. The van der Waals surface area contributed by atoms with Gasteiger partial charge in [-0.3, -0.25) is 4.79 Å². The largest absolute Gasteiger partial charge is 0.335 e. The molecule has 5 heteroatoms. The number of benzene rings is 1. The zero-order valence-corrected chi connectivity index (χ0v) is 11.9. The van der Waals surface area contributed by atoms with Crippen LogP contribution in [0.3, 0.4) is 0 Å². The van der Waals surface area contributed by atoms with Crippen LogP contribution in [0, 0.1) is 5.82 Å². The standard InChI is InChI=1S/C15H14ClFN2O/c1-10(12-5-3-4-6-13(12)17)19(2)15(20)11-7-8-14(16)18-9-11/h3-10H,1-2H3. The molecular formula is C15H14ClFN2O. The van der Waals surface area contributed by atoms with Crippen molar-refractivity contribution in [1.82, 2.24) is 9.88 Å². The van der Waals surface area contributed by atoms with Crippen molar-refractivity contribution in [1.29, 1.82) is 0 Å². The molecule has 0 spiro atoms. The van der Waals surface area contributed by atoms with E-state index in [2.05, 4.69) is 4.98 Å². The van der Waals surface area contributed by atoms with E-state index in [1.807, 2.05) is 0 Å². The van der Waals surface area contributed by atoms with Crippen LogP contribution in [0.15, 0.2) is 42.6 Å². The number of amides is 1. The Kier molecular flexibility index (Phi) is 4.35. The summed E-state index contributed by atoms with van der Waals surface area (Å²) in [4.78, 5) is 17.7. The predicted octanol–water partition coefficient (Wildman–Crippen LogP) is 3.71. The number of hydrogen-bond donors (Lipinski definition) is 0. The SMILES string of the molecule is CC(c1ccccc1F)N(C)C(=O)c1ccc(Cl)nc1. The van der Waals surface area contributed by atoms with E-state index in [0.29, 0.717) is 16.3 Å². The van der Waals surface area contributed by atoms with Gasteiger partial charge in [0, 0.05) is 18.8 Å². The van der Waals surface area contributed by atoms with Crippen LogP contribution in [0.1, 0.15) is 28.9 Å². The van der Waals surface area contributed by atoms with Gasteiger partial charge in [-0.1, -0.05) is 29.8 Å². The fourth-order valence-electron chi connectivity index (χ4n) is 1.90. The Hall–Kier alpha value is -1.94. The molecule has 0 N–H and O–H groups in total. The van der Waals surface area contributed by atoms with Gasteiger partial charge < -0.3 is 4.90 Å². The van der Waals surface area contributed by atoms with Gasteiger partial charge in [-0.2, -0.15) is 0 Å². The van der Waals surface area contributed by atoms with Gasteiger partial charge in [-0.25, -0.2) is 9.37 Å². The van der Waals surface area contributed by atoms with Crippen LogP contribution in [-0.4, -0.2) is 22.8 Å². The monoisotopic (exact) mass is 292 g/mol. The highest BCUT2D eigenvalue weighted by atomic mass is 35.5. The van der Waals surface area contributed by atoms with Gasteiger partial charge in [0.15, 0.2) is 0 Å². The highest BCUT2D eigenvalue weighted by Crippen LogP contribution is 2.23. The van der Waals surface area contributed by atoms with Crippen LogP contribution in [-0.2, 0) is 0 Å². The lowest BCUT2D eigenvalue weighted by molar-refractivity contribution is 0.0740. The van der Waals surface area contributed by atoms with E-state index in [1.54, 1.807) is 44.3 Å². The average molecular weight is 293 g/mol. The number of aromatic nitrogens is 1. The third kappa shape index (κ3) is 2.96. The van der Waals surface area contributed by atoms with Crippen molar-refractivity contribution in [3.63, 3.8) is 0 Å². The smallest absolute Gasteiger partial charge is 0.255 e. The third-order valence-electron chi connectivity index (χ3n) is 3.23. The first-order chi connectivity index (χ1) is 9.50. The molecule has 2 rings (SSSR count). The molecule has 20 heavy (non-hydrogen) atoms. The summed E-state index contributed by atoms with van der Waals surface area (Å²) in [5.74, 6) is -0.557. The zero-order chi connectivity index (χ0) is 14.7. The van der Waals surface area contributed by atoms with Crippen molar-refractivity contribution in [3.05, 3.63) is 64.7 Å². The first-order valence-electron chi connectivity index (χ1n) is 6.14. The Bertz CT molecular complexity index is 616. The van der Waals surface area contributed by atoms with E-state index in [1.165, 1.54) is 17.2 Å². The molecule has 1 amide bonds. The van der Waals surface area contributed by atoms with Gasteiger partial charge in [-0.15, -0.1) is 0 Å². The highest BCUT2D eigenvalue weighted by molar-refractivity contribution is 6.29. The molecule has 0 aliphatic carbocycles. The summed E-state index contributed by atoms with van der Waals surface area (Å²) in [6.45, 7) is 1.78. The number of halogens is 2. The molecule has 1 heterocycles. The average Bonchev–Trinajstić information content (AvgIpc) is 2.46. The second-order valence-electron chi connectivity index (χ2n) is 4.48. The van der Waals surface area contributed by atoms with Gasteiger partial charge in [0.05, 0.1) is 11.6 Å². The number of hydrogen-bond acceptors (Lipinski definition) is 2. The van der Waals surface area contributed by atoms with Crippen molar-refractivity contribution >= 4 is 17.5 Å². The van der Waals surface area contributed by atoms with Crippen LogP contribution in [0.4, 0.5) is 4.39 Å². The van der Waals surface area contributed by atoms with Gasteiger partial charge >= 0.3 is 0 Å². The molecule has 3 nitrogen and oxygen atoms in total. The molecule has 0 saturated carbocycles. The summed E-state index contributed by atoms with van der Waals surface area (Å²) in [5, 5.41) is 0.325. The van der Waals surface area contributed by atoms with E-state index >= 15 is 0 Å². The number of rotatable bonds is 3. The molecule has 0 aliphatic rings. The summed E-state index contributed by atoms with van der Waals surface area (Å²) in [6, 6.07) is 9.20. The van der Waals surface area contributed by atoms with Crippen molar-refractivity contribution < 1.29 is 9.18 Å². The maximum atomic E-state index is 13.8. The maximum Gasteiger partial charge on any atom is 0.255 e. The Labute approximate surface area is 122 Å². The molecule has 104 valence electrons. The summed E-state index contributed by atoms with van der Waals surface area (Å²) in [6.07, 6.45) is 1.41. The zero-order valence-electron chi connectivity index (χ0n) is 11.2. The van der Waals surface area contributed by atoms with Crippen molar-refractivity contribution in [2.24, 2.45) is 0 Å². The van der Waals surface area contributed by atoms with Crippen LogP contribution in [0.5, 0.6) is 0 Å². The minimum absolute atomic E-state index is 0.232. The molecule has 2 aromatic rings. The molecule has 1 atom stereocenters. The lowest BCUT2D eigenvalue weighted by Gasteiger charge is -2.25. The second kappa shape index (κ2) is 6.01. The molecular weight excluding hydrogens is 279 g/mol. The number of pyridine rings is 1. The summed E-state index contributed by atoms with van der Waals surface area (Å²) in [5.41, 5.74) is 0.894. The van der Waals surface area contributed by atoms with Gasteiger partial charge in [0.2, 0.25) is 0 Å². The Morgan fingerprint density at radius 2 is 2.00 bits per heavy atom. The lowest BCUT2D eigenvalue weighted by Crippen LogP contribution is -2.30. The predicted molar refractivity (Wildman–Crippen MR) is 76.2 cm³/mol. The maximum absolute atomic E-state index is 13.8. The molecule has 0 bridgehead atoms. The number of carbonyl (C=O) groups excluding carboxylic acids is 1. The van der Waals surface area contributed by atoms with E-state index in [0.717, 1.165) is 0 Å². The van der Waals surface area contributed by atoms with Gasteiger partial charge in [-0.05, 0) is 25.1 Å². The molecule has 1 aromatic heterocycles. The first-order valence-corrected chi connectivity index (χ1v) is 6.51. The first kappa shape index (κ1) is 14.5. The minimum Gasteiger partial charge on any atom is -0.335 e. The Morgan fingerprint density at radius 3 is 2.60 bits per heavy atom. The minimum atomic E-state index is -0.376. The fourth-order valence-corrected chi connectivity index (χ4v) is 2.02. The van der Waals surface area contributed by atoms with E-state index in [4.69, 9.17) is 11.6 Å². The van der Waals surface area contributed by atoms with Crippen LogP contribution in [0.25, 0.3) is 0 Å². The molecule has 0 fully saturated rings. The molecule has 1 unspecified atom stereocenters. The van der Waals surface area contributed by atoms with E-state index < -0.39 is 0 Å². The molecule has 0 radical (unpaired) electrons. The third-order valence-corrected chi connectivity index (χ3v) is 3.45. The lowest BCUT2D eigenvalue weighted by atomic mass is 10.1. The van der Waals surface area contributed by atoms with Gasteiger partial charge in [0.25, 0.3) is 5.91 Å². The summed E-state index contributed by atoms with van der Waals surface area (Å²) in [7, 11) is 1.63. The van der Waals surface area contributed by atoms with Crippen LogP contribution < -0.4 is 0 Å². The molecule has 1 aromatic carbocycles.